The number of allylic oxidation sites excluding steroid dienone is 2. The Morgan fingerprint density at radius 1 is 0.873 bits per heavy atom. The summed E-state index contributed by atoms with van der Waals surface area (Å²) < 4.78 is 0. The fourth-order valence-corrected chi connectivity index (χ4v) is 14.7. The zero-order chi connectivity index (χ0) is 40.3. The topological polar surface area (TPSA) is 84.4 Å². The minimum Gasteiger partial charge on any atom is -0.343 e. The number of carbonyl (C=O) groups is 1. The molecule has 8 atom stereocenters. The van der Waals surface area contributed by atoms with Crippen LogP contribution in [0.4, 0.5) is 0 Å². The van der Waals surface area contributed by atoms with Crippen molar-refractivity contribution < 1.29 is 4.79 Å². The van der Waals surface area contributed by atoms with Crippen molar-refractivity contribution in [2.75, 3.05) is 31.9 Å². The van der Waals surface area contributed by atoms with Crippen molar-refractivity contribution in [1.29, 1.82) is 0 Å². The summed E-state index contributed by atoms with van der Waals surface area (Å²) in [6, 6.07) is 0. The minimum absolute atomic E-state index is 0.0446. The molecule has 0 unspecified atom stereocenters. The van der Waals surface area contributed by atoms with Crippen LogP contribution in [0.3, 0.4) is 0 Å². The van der Waals surface area contributed by atoms with E-state index in [9.17, 15) is 4.79 Å². The van der Waals surface area contributed by atoms with Gasteiger partial charge in [0.05, 0.1) is 0 Å². The van der Waals surface area contributed by atoms with Crippen molar-refractivity contribution in [1.82, 2.24) is 10.2 Å². The lowest BCUT2D eigenvalue weighted by atomic mass is 9.47. The van der Waals surface area contributed by atoms with Crippen LogP contribution in [0.1, 0.15) is 191 Å². The summed E-state index contributed by atoms with van der Waals surface area (Å²) in [5, 5.41) is 4.29. The summed E-state index contributed by atoms with van der Waals surface area (Å²) in [6.07, 6.45) is 26.8. The summed E-state index contributed by atoms with van der Waals surface area (Å²) in [4.78, 5) is 15.8. The summed E-state index contributed by atoms with van der Waals surface area (Å²) in [5.74, 6) is 6.60. The van der Waals surface area contributed by atoms with Crippen molar-refractivity contribution in [2.24, 2.45) is 57.8 Å². The molecule has 7 heteroatoms. The molecule has 0 radical (unpaired) electrons. The first-order chi connectivity index (χ1) is 26.2. The standard InChI is InChI=1S/C48H90N4OS2/c1-10-47(49,11-2)28-31-51-30-14-15-32-52(33-29-48(50,12-3)13-4)44(53)25-34-54-55-39-23-26-45(8)38(35-39)19-20-40-42-22-21-41(37(7)18-16-17-36(5)6)46(42,9)27-24-43(40)45/h19,36-37,39-43,51H,10-18,20-35,49-50H2,1-9H3/t37-,39+,40+,41-,42+,43+,45+,46-/m1/s1. The summed E-state index contributed by atoms with van der Waals surface area (Å²) in [7, 11) is 4.05. The second-order valence-electron chi connectivity index (χ2n) is 20.3. The van der Waals surface area contributed by atoms with Gasteiger partial charge >= 0.3 is 0 Å². The number of nitrogens with two attached hydrogens (primary N) is 2. The van der Waals surface area contributed by atoms with Crippen molar-refractivity contribution in [3.05, 3.63) is 11.6 Å². The van der Waals surface area contributed by atoms with E-state index in [0.29, 0.717) is 28.4 Å². The van der Waals surface area contributed by atoms with Crippen molar-refractivity contribution in [2.45, 2.75) is 207 Å². The highest BCUT2D eigenvalue weighted by Gasteiger charge is 2.59. The van der Waals surface area contributed by atoms with E-state index < -0.39 is 0 Å². The molecule has 4 aliphatic carbocycles. The van der Waals surface area contributed by atoms with Gasteiger partial charge in [0.1, 0.15) is 0 Å². The molecule has 0 spiro atoms. The molecule has 0 aromatic rings. The highest BCUT2D eigenvalue weighted by molar-refractivity contribution is 8.76. The van der Waals surface area contributed by atoms with Crippen molar-refractivity contribution >= 4 is 27.5 Å². The molecule has 0 aromatic carbocycles. The summed E-state index contributed by atoms with van der Waals surface area (Å²) >= 11 is 0. The van der Waals surface area contributed by atoms with Crippen LogP contribution in [0.2, 0.25) is 0 Å². The smallest absolute Gasteiger partial charge is 0.223 e. The van der Waals surface area contributed by atoms with Crippen LogP contribution in [0, 0.1) is 46.3 Å². The Labute approximate surface area is 349 Å². The van der Waals surface area contributed by atoms with E-state index in [1.165, 1.54) is 70.6 Å². The molecule has 0 aliphatic heterocycles. The average molecular weight is 803 g/mol. The fraction of sp³-hybridized carbons (Fsp3) is 0.938. The third-order valence-electron chi connectivity index (χ3n) is 16.7. The molecule has 4 aliphatic rings. The highest BCUT2D eigenvalue weighted by atomic mass is 33.1. The molecule has 4 rings (SSSR count). The van der Waals surface area contributed by atoms with Crippen LogP contribution in [0.25, 0.3) is 0 Å². The van der Waals surface area contributed by atoms with Crippen LogP contribution < -0.4 is 16.8 Å². The number of carbonyl (C=O) groups excluding carboxylic acids is 1. The molecule has 0 bridgehead atoms. The van der Waals surface area contributed by atoms with Gasteiger partial charge in [-0.1, -0.05) is 115 Å². The number of amides is 1. The van der Waals surface area contributed by atoms with Crippen LogP contribution in [0.15, 0.2) is 11.6 Å². The number of rotatable bonds is 25. The van der Waals surface area contributed by atoms with E-state index >= 15 is 0 Å². The van der Waals surface area contributed by atoms with Gasteiger partial charge in [-0.15, -0.1) is 0 Å². The maximum absolute atomic E-state index is 13.6. The SMILES string of the molecule is CCC(N)(CC)CCNCCCCN(CCC(N)(CC)CC)C(=O)CCSS[C@H]1CC[C@@]2(C)C(=CC[C@H]3[C@@H]4CC[C@H]([C@H](C)CCCC(C)C)[C@@]4(C)CC[C@@H]32)C1. The first kappa shape index (κ1) is 47.5. The molecule has 3 fully saturated rings. The van der Waals surface area contributed by atoms with Gasteiger partial charge in [-0.25, -0.2) is 0 Å². The molecule has 5 N–H and O–H groups in total. The van der Waals surface area contributed by atoms with Gasteiger partial charge in [0.25, 0.3) is 0 Å². The Kier molecular flexibility index (Phi) is 18.9. The first-order valence-corrected chi connectivity index (χ1v) is 26.1. The number of unbranched alkanes of at least 4 members (excludes halogenated alkanes) is 1. The number of hydrogen-bond acceptors (Lipinski definition) is 6. The average Bonchev–Trinajstić information content (AvgIpc) is 3.54. The number of nitrogens with one attached hydrogen (secondary N) is 1. The van der Waals surface area contributed by atoms with Crippen LogP contribution in [-0.2, 0) is 4.79 Å². The molecule has 1 amide bonds. The van der Waals surface area contributed by atoms with E-state index in [2.05, 4.69) is 89.4 Å². The van der Waals surface area contributed by atoms with Gasteiger partial charge < -0.3 is 21.7 Å². The molecule has 55 heavy (non-hydrogen) atoms. The second kappa shape index (κ2) is 21.9. The lowest BCUT2D eigenvalue weighted by molar-refractivity contribution is -0.131. The van der Waals surface area contributed by atoms with E-state index in [1.807, 2.05) is 10.8 Å². The first-order valence-electron chi connectivity index (χ1n) is 23.7. The summed E-state index contributed by atoms with van der Waals surface area (Å²) in [5.41, 5.74) is 15.7. The van der Waals surface area contributed by atoms with Crippen LogP contribution in [0.5, 0.6) is 0 Å². The van der Waals surface area contributed by atoms with E-state index in [1.54, 1.807) is 5.57 Å². The Hall–Kier alpha value is -0.210. The van der Waals surface area contributed by atoms with Gasteiger partial charge in [-0.05, 0) is 162 Å². The molecule has 3 saturated carbocycles. The van der Waals surface area contributed by atoms with Crippen LogP contribution >= 0.6 is 21.6 Å². The Balaban J connectivity index is 1.23. The molecule has 0 saturated heterocycles. The van der Waals surface area contributed by atoms with Crippen molar-refractivity contribution in [3.63, 3.8) is 0 Å². The van der Waals surface area contributed by atoms with Gasteiger partial charge in [0.15, 0.2) is 0 Å². The minimum atomic E-state index is -0.177. The van der Waals surface area contributed by atoms with Gasteiger partial charge in [-0.2, -0.15) is 0 Å². The van der Waals surface area contributed by atoms with E-state index in [4.69, 9.17) is 11.5 Å². The lowest BCUT2D eigenvalue weighted by Gasteiger charge is -2.58. The highest BCUT2D eigenvalue weighted by Crippen LogP contribution is 2.67. The number of hydrogen-bond donors (Lipinski definition) is 3. The Morgan fingerprint density at radius 2 is 1.58 bits per heavy atom. The third kappa shape index (κ3) is 12.4. The van der Waals surface area contributed by atoms with Gasteiger partial charge in [-0.3, -0.25) is 4.79 Å². The monoisotopic (exact) mass is 803 g/mol. The molecule has 0 aromatic heterocycles. The largest absolute Gasteiger partial charge is 0.343 e. The molecule has 0 heterocycles. The number of fused-ring (bicyclic) bond motifs is 5. The zero-order valence-corrected chi connectivity index (χ0v) is 39.3. The van der Waals surface area contributed by atoms with Crippen molar-refractivity contribution in [3.8, 4) is 0 Å². The van der Waals surface area contributed by atoms with E-state index in [0.717, 1.165) is 119 Å². The molecular weight excluding hydrogens is 713 g/mol. The van der Waals surface area contributed by atoms with Gasteiger partial charge in [0, 0.05) is 41.6 Å². The molecular formula is C48H90N4OS2. The Morgan fingerprint density at radius 3 is 2.27 bits per heavy atom. The Bertz CT molecular complexity index is 1180. The zero-order valence-electron chi connectivity index (χ0n) is 37.6. The fourth-order valence-electron chi connectivity index (χ4n) is 12.1. The lowest BCUT2D eigenvalue weighted by Crippen LogP contribution is -2.50. The second-order valence-corrected chi connectivity index (χ2v) is 23.1. The quantitative estimate of drug-likeness (QED) is 0.0484. The maximum Gasteiger partial charge on any atom is 0.223 e. The predicted octanol–water partition coefficient (Wildman–Crippen LogP) is 12.2. The maximum atomic E-state index is 13.6. The van der Waals surface area contributed by atoms with E-state index in [-0.39, 0.29) is 11.1 Å². The number of nitrogens with zero attached hydrogens (tertiary/aromatic N) is 1. The summed E-state index contributed by atoms with van der Waals surface area (Å²) in [6.45, 7) is 25.1. The van der Waals surface area contributed by atoms with Gasteiger partial charge in [0.2, 0.25) is 5.91 Å². The third-order valence-corrected chi connectivity index (χ3v) is 19.6. The molecule has 320 valence electrons. The van der Waals surface area contributed by atoms with Crippen LogP contribution in [-0.4, -0.2) is 59.1 Å². The predicted molar refractivity (Wildman–Crippen MR) is 244 cm³/mol. The normalized spacial score (nSPS) is 30.1. The molecule has 5 nitrogen and oxygen atoms in total.